The van der Waals surface area contributed by atoms with E-state index in [4.69, 9.17) is 23.1 Å². The van der Waals surface area contributed by atoms with Crippen molar-refractivity contribution in [2.75, 3.05) is 14.2 Å². The topological polar surface area (TPSA) is 201 Å². The molecule has 60 heavy (non-hydrogen) atoms. The third-order valence-electron chi connectivity index (χ3n) is 12.0. The Labute approximate surface area is 356 Å². The second-order valence-electron chi connectivity index (χ2n) is 16.5. The summed E-state index contributed by atoms with van der Waals surface area (Å²) in [5.74, 6) is -3.70. The number of non-ortho nitro benzene ring substituents is 1. The highest BCUT2D eigenvalue weighted by Crippen LogP contribution is 2.37. The lowest BCUT2D eigenvalue weighted by atomic mass is 9.79. The Morgan fingerprint density at radius 2 is 1.70 bits per heavy atom. The molecule has 3 rings (SSSR count). The van der Waals surface area contributed by atoms with E-state index in [-0.39, 0.29) is 40.5 Å². The number of ether oxygens (including phenoxy) is 4. The first-order valence-electron chi connectivity index (χ1n) is 20.7. The van der Waals surface area contributed by atoms with Gasteiger partial charge in [-0.2, -0.15) is 8.42 Å². The lowest BCUT2D eigenvalue weighted by Crippen LogP contribution is -2.51. The number of carbonyl (C=O) groups is 1. The van der Waals surface area contributed by atoms with E-state index in [0.29, 0.717) is 18.4 Å². The minimum Gasteiger partial charge on any atom is -0.490 e. The maximum atomic E-state index is 13.9. The number of esters is 1. The van der Waals surface area contributed by atoms with E-state index in [0.717, 1.165) is 29.8 Å². The van der Waals surface area contributed by atoms with Crippen molar-refractivity contribution in [2.45, 2.75) is 135 Å². The Morgan fingerprint density at radius 1 is 1.05 bits per heavy atom. The molecule has 2 heterocycles. The van der Waals surface area contributed by atoms with Gasteiger partial charge in [0.1, 0.15) is 12.2 Å². The normalized spacial score (nSPS) is 35.2. The van der Waals surface area contributed by atoms with Gasteiger partial charge < -0.3 is 34.3 Å². The number of aliphatic hydroxyl groups excluding tert-OH is 3. The number of hydrogen-bond donors (Lipinski definition) is 3. The van der Waals surface area contributed by atoms with Crippen LogP contribution in [0, 0.1) is 45.6 Å². The van der Waals surface area contributed by atoms with Gasteiger partial charge in [-0.1, -0.05) is 89.1 Å². The van der Waals surface area contributed by atoms with Crippen molar-refractivity contribution in [3.63, 3.8) is 0 Å². The number of cyclic esters (lactones) is 1. The van der Waals surface area contributed by atoms with Crippen LogP contribution in [0.3, 0.4) is 0 Å². The Hall–Kier alpha value is -3.70. The summed E-state index contributed by atoms with van der Waals surface area (Å²) in [6.07, 6.45) is 6.61. The molecule has 14 atom stereocenters. The first-order valence-corrected chi connectivity index (χ1v) is 22.1. The van der Waals surface area contributed by atoms with Crippen molar-refractivity contribution in [3.8, 4) is 0 Å². The highest BCUT2D eigenvalue weighted by molar-refractivity contribution is 7.86. The minimum atomic E-state index is -4.35. The van der Waals surface area contributed by atoms with Crippen LogP contribution in [0.4, 0.5) is 5.69 Å². The average Bonchev–Trinajstić information content (AvgIpc) is 3.20. The Morgan fingerprint density at radius 3 is 2.27 bits per heavy atom. The van der Waals surface area contributed by atoms with Crippen molar-refractivity contribution >= 4 is 21.8 Å². The summed E-state index contributed by atoms with van der Waals surface area (Å²) in [4.78, 5) is 24.2. The van der Waals surface area contributed by atoms with Crippen LogP contribution in [0.15, 0.2) is 88.6 Å². The molecule has 0 aromatic heterocycles. The summed E-state index contributed by atoms with van der Waals surface area (Å²) >= 11 is 0. The number of carbonyl (C=O) groups excluding carboxylic acids is 1. The van der Waals surface area contributed by atoms with Gasteiger partial charge in [0, 0.05) is 55.3 Å². The van der Waals surface area contributed by atoms with Gasteiger partial charge in [-0.05, 0) is 57.7 Å². The largest absolute Gasteiger partial charge is 0.490 e. The van der Waals surface area contributed by atoms with Crippen LogP contribution < -0.4 is 0 Å². The third-order valence-corrected chi connectivity index (χ3v) is 13.3. The van der Waals surface area contributed by atoms with Crippen LogP contribution in [0.1, 0.15) is 81.6 Å². The predicted molar refractivity (Wildman–Crippen MR) is 228 cm³/mol. The zero-order valence-corrected chi connectivity index (χ0v) is 37.7. The average molecular weight is 862 g/mol. The molecule has 1 aromatic rings. The van der Waals surface area contributed by atoms with E-state index in [1.807, 2.05) is 46.8 Å². The number of aliphatic hydroxyl groups is 3. The molecule has 1 saturated heterocycles. The van der Waals surface area contributed by atoms with Crippen LogP contribution in [-0.2, 0) is 38.0 Å². The van der Waals surface area contributed by atoms with Gasteiger partial charge in [-0.15, -0.1) is 0 Å². The molecule has 0 aliphatic carbocycles. The van der Waals surface area contributed by atoms with E-state index < -0.39 is 87.6 Å². The number of benzene rings is 1. The minimum absolute atomic E-state index is 0.0793. The van der Waals surface area contributed by atoms with E-state index in [2.05, 4.69) is 0 Å². The molecule has 14 nitrogen and oxygen atoms in total. The molecule has 0 unspecified atom stereocenters. The molecule has 336 valence electrons. The standard InChI is InChI=1S/C45H67NO13S/c1-12-15-36-30(7)39(59-60(53,54)34-20-18-33(19-21-34)46(51)52)25-38(57-36)31(8)43(49)32(9)44-37(55-10)17-14-16-26(3)22-28(5)41(47)35(13-2)42(48)29(6)23-27(4)24-40(56-11)45(50)58-44/h12,14-21,23-24,28-32,35-39,41-44,47-49H,13,22,25H2,1-11H3/b15-12+,17-14+,26-16+,27-23+,40-24-/t28-,29-,30-,31-,32+,35+,36-,37+,38-,39-,41-,42-,43+,44-/m1/s1. The fourth-order valence-corrected chi connectivity index (χ4v) is 9.39. The lowest BCUT2D eigenvalue weighted by Gasteiger charge is -2.43. The number of nitro benzene ring substituents is 1. The molecule has 0 bridgehead atoms. The number of methoxy groups -OCH3 is 2. The summed E-state index contributed by atoms with van der Waals surface area (Å²) in [5.41, 5.74) is 1.33. The molecule has 0 spiro atoms. The number of rotatable bonds is 12. The van der Waals surface area contributed by atoms with Gasteiger partial charge in [0.2, 0.25) is 5.76 Å². The molecule has 0 radical (unpaired) electrons. The first kappa shape index (κ1) is 50.7. The Kier molecular flexibility index (Phi) is 19.4. The van der Waals surface area contributed by atoms with Crippen LogP contribution >= 0.6 is 0 Å². The molecule has 3 N–H and O–H groups in total. The molecule has 1 aromatic carbocycles. The van der Waals surface area contributed by atoms with Crippen molar-refractivity contribution in [1.29, 1.82) is 0 Å². The maximum absolute atomic E-state index is 13.9. The highest BCUT2D eigenvalue weighted by atomic mass is 32.2. The zero-order valence-electron chi connectivity index (χ0n) is 36.8. The molecular formula is C45H67NO13S. The van der Waals surface area contributed by atoms with Gasteiger partial charge in [0.05, 0.1) is 53.6 Å². The zero-order chi connectivity index (χ0) is 45.1. The number of nitro groups is 1. The van der Waals surface area contributed by atoms with E-state index in [1.54, 1.807) is 52.0 Å². The van der Waals surface area contributed by atoms with E-state index >= 15 is 0 Å². The number of hydrogen-bond acceptors (Lipinski definition) is 13. The van der Waals surface area contributed by atoms with Crippen LogP contribution in [0.5, 0.6) is 0 Å². The van der Waals surface area contributed by atoms with Gasteiger partial charge in [0.25, 0.3) is 15.8 Å². The summed E-state index contributed by atoms with van der Waals surface area (Å²) in [5, 5.41) is 45.9. The van der Waals surface area contributed by atoms with Crippen molar-refractivity contribution in [3.05, 3.63) is 93.8 Å². The summed E-state index contributed by atoms with van der Waals surface area (Å²) < 4.78 is 56.7. The molecule has 15 heteroatoms. The lowest BCUT2D eigenvalue weighted by molar-refractivity contribution is -0.384. The monoisotopic (exact) mass is 861 g/mol. The van der Waals surface area contributed by atoms with Crippen LogP contribution in [0.25, 0.3) is 0 Å². The molecule has 0 saturated carbocycles. The van der Waals surface area contributed by atoms with Crippen molar-refractivity contribution < 1.29 is 56.6 Å². The second kappa shape index (κ2) is 22.9. The Bertz CT molecular complexity index is 1840. The summed E-state index contributed by atoms with van der Waals surface area (Å²) in [6.45, 7) is 16.6. The summed E-state index contributed by atoms with van der Waals surface area (Å²) in [7, 11) is -1.54. The SMILES string of the molecule is C/C=C/[C@H]1O[C@@H]([C@@H](C)[C@H](O)[C@H](C)[C@H]2OC(=O)/C(OC)=C/C(C)=C/[C@@H](C)[C@@H](O)[C@@H](CC)[C@H](O)[C@H](C)C/C(C)=C/C=C/[C@@H]2OC)C[C@@H](OS(=O)(=O)c2ccc([N+](=O)[O-])cc2)[C@@H]1C. The van der Waals surface area contributed by atoms with Gasteiger partial charge in [-0.25, -0.2) is 4.79 Å². The molecule has 2 aliphatic rings. The van der Waals surface area contributed by atoms with Gasteiger partial charge in [0.15, 0.2) is 0 Å². The van der Waals surface area contributed by atoms with E-state index in [1.165, 1.54) is 20.3 Å². The highest BCUT2D eigenvalue weighted by Gasteiger charge is 2.45. The molecule has 0 amide bonds. The number of allylic oxidation sites excluding steroid dienone is 6. The van der Waals surface area contributed by atoms with Gasteiger partial charge in [-0.3, -0.25) is 14.3 Å². The molecular weight excluding hydrogens is 795 g/mol. The van der Waals surface area contributed by atoms with Gasteiger partial charge >= 0.3 is 5.97 Å². The first-order chi connectivity index (χ1) is 28.2. The maximum Gasteiger partial charge on any atom is 0.373 e. The van der Waals surface area contributed by atoms with E-state index in [9.17, 15) is 38.6 Å². The van der Waals surface area contributed by atoms with Crippen molar-refractivity contribution in [2.24, 2.45) is 35.5 Å². The fraction of sp³-hybridized carbons (Fsp3) is 0.622. The second-order valence-corrected chi connectivity index (χ2v) is 18.1. The molecule has 1 fully saturated rings. The summed E-state index contributed by atoms with van der Waals surface area (Å²) in [6, 6.07) is 4.45. The van der Waals surface area contributed by atoms with Crippen LogP contribution in [-0.4, -0.2) is 97.7 Å². The van der Waals surface area contributed by atoms with Crippen LogP contribution in [0.2, 0.25) is 0 Å². The Balaban J connectivity index is 2.01. The fourth-order valence-electron chi connectivity index (χ4n) is 8.23. The quantitative estimate of drug-likeness (QED) is 0.0638. The van der Waals surface area contributed by atoms with Crippen molar-refractivity contribution in [1.82, 2.24) is 0 Å². The molecule has 2 aliphatic heterocycles. The smallest absolute Gasteiger partial charge is 0.373 e. The predicted octanol–water partition coefficient (Wildman–Crippen LogP) is 7.00. The third kappa shape index (κ3) is 13.2. The number of nitrogens with zero attached hydrogens (tertiary/aromatic N) is 1.